The van der Waals surface area contributed by atoms with Gasteiger partial charge in [0.05, 0.1) is 11.7 Å². The summed E-state index contributed by atoms with van der Waals surface area (Å²) in [6, 6.07) is 11.3. The fraction of sp³-hybridized carbons (Fsp3) is 0.438. The van der Waals surface area contributed by atoms with E-state index in [0.29, 0.717) is 12.0 Å². The number of aromatic nitrogens is 2. The molecule has 0 amide bonds. The summed E-state index contributed by atoms with van der Waals surface area (Å²) in [5.74, 6) is 1.67. The number of nitrogens with zero attached hydrogens (tertiary/aromatic N) is 2. The lowest BCUT2D eigenvalue weighted by atomic mass is 9.91. The molecule has 1 aromatic carbocycles. The first-order valence-corrected chi connectivity index (χ1v) is 8.23. The zero-order chi connectivity index (χ0) is 13.9. The Morgan fingerprint density at radius 2 is 2.25 bits per heavy atom. The van der Waals surface area contributed by atoms with Crippen LogP contribution in [0.5, 0.6) is 0 Å². The molecule has 1 aromatic heterocycles. The maximum absolute atomic E-state index is 4.34. The number of thioether (sulfide) groups is 1. The van der Waals surface area contributed by atoms with Crippen molar-refractivity contribution in [3.8, 4) is 0 Å². The largest absolute Gasteiger partial charge is 0.308 e. The third-order valence-corrected chi connectivity index (χ3v) is 5.14. The smallest absolute Gasteiger partial charge is 0.0569 e. The van der Waals surface area contributed by atoms with E-state index in [9.17, 15) is 0 Å². The molecule has 20 heavy (non-hydrogen) atoms. The van der Waals surface area contributed by atoms with Crippen LogP contribution in [0.25, 0.3) is 0 Å². The first-order valence-electron chi connectivity index (χ1n) is 7.24. The van der Waals surface area contributed by atoms with E-state index in [1.54, 1.807) is 0 Å². The van der Waals surface area contributed by atoms with Crippen LogP contribution in [0.3, 0.4) is 0 Å². The van der Waals surface area contributed by atoms with Crippen molar-refractivity contribution in [3.05, 3.63) is 47.8 Å². The van der Waals surface area contributed by atoms with Crippen molar-refractivity contribution in [1.82, 2.24) is 15.1 Å². The highest BCUT2D eigenvalue weighted by Crippen LogP contribution is 2.45. The number of hydrogen-bond donors (Lipinski definition) is 1. The van der Waals surface area contributed by atoms with Crippen LogP contribution in [0, 0.1) is 0 Å². The summed E-state index contributed by atoms with van der Waals surface area (Å²) in [5, 5.41) is 8.06. The molecule has 0 radical (unpaired) electrons. The minimum atomic E-state index is 0.346. The zero-order valence-corrected chi connectivity index (χ0v) is 12.9. The molecule has 3 rings (SSSR count). The van der Waals surface area contributed by atoms with Crippen molar-refractivity contribution < 1.29 is 0 Å². The van der Waals surface area contributed by atoms with Crippen LogP contribution >= 0.6 is 11.8 Å². The monoisotopic (exact) mass is 287 g/mol. The molecule has 0 saturated carbocycles. The molecule has 2 atom stereocenters. The minimum Gasteiger partial charge on any atom is -0.308 e. The van der Waals surface area contributed by atoms with Crippen molar-refractivity contribution in [3.63, 3.8) is 0 Å². The van der Waals surface area contributed by atoms with Gasteiger partial charge in [-0.25, -0.2) is 0 Å². The van der Waals surface area contributed by atoms with Crippen LogP contribution in [0.2, 0.25) is 0 Å². The molecule has 3 nitrogen and oxygen atoms in total. The average molecular weight is 287 g/mol. The van der Waals surface area contributed by atoms with E-state index >= 15 is 0 Å². The number of aryl methyl sites for hydroxylation is 1. The van der Waals surface area contributed by atoms with Crippen LogP contribution in [0.15, 0.2) is 41.4 Å². The van der Waals surface area contributed by atoms with Crippen molar-refractivity contribution in [2.45, 2.75) is 30.2 Å². The summed E-state index contributed by atoms with van der Waals surface area (Å²) in [6.45, 7) is 3.25. The highest BCUT2D eigenvalue weighted by Gasteiger charge is 2.32. The first-order chi connectivity index (χ1) is 9.81. The Morgan fingerprint density at radius 1 is 1.40 bits per heavy atom. The number of nitrogens with one attached hydrogen (secondary N) is 1. The normalized spacial score (nSPS) is 19.0. The Bertz CT molecular complexity index is 579. The van der Waals surface area contributed by atoms with Gasteiger partial charge in [0.1, 0.15) is 0 Å². The van der Waals surface area contributed by atoms with E-state index in [0.717, 1.165) is 18.7 Å². The van der Waals surface area contributed by atoms with Gasteiger partial charge < -0.3 is 5.32 Å². The van der Waals surface area contributed by atoms with Gasteiger partial charge in [-0.3, -0.25) is 4.68 Å². The maximum Gasteiger partial charge on any atom is 0.0569 e. The molecule has 106 valence electrons. The fourth-order valence-electron chi connectivity index (χ4n) is 2.91. The van der Waals surface area contributed by atoms with Gasteiger partial charge in [-0.1, -0.05) is 25.1 Å². The average Bonchev–Trinajstić information content (AvgIpc) is 3.07. The van der Waals surface area contributed by atoms with Crippen LogP contribution in [-0.2, 0) is 7.05 Å². The highest BCUT2D eigenvalue weighted by molar-refractivity contribution is 7.99. The molecule has 1 N–H and O–H groups in total. The molecule has 2 heterocycles. The third-order valence-electron chi connectivity index (χ3n) is 3.93. The molecule has 1 aliphatic rings. The SMILES string of the molecule is CCCNC(c1ccnn1C)C1CSc2ccccc21. The zero-order valence-electron chi connectivity index (χ0n) is 12.0. The van der Waals surface area contributed by atoms with E-state index < -0.39 is 0 Å². The number of fused-ring (bicyclic) bond motifs is 1. The van der Waals surface area contributed by atoms with Crippen LogP contribution in [0.4, 0.5) is 0 Å². The van der Waals surface area contributed by atoms with Gasteiger partial charge in [-0.05, 0) is 30.7 Å². The van der Waals surface area contributed by atoms with E-state index in [2.05, 4.69) is 47.7 Å². The number of rotatable bonds is 5. The van der Waals surface area contributed by atoms with Crippen LogP contribution in [-0.4, -0.2) is 22.1 Å². The summed E-state index contributed by atoms with van der Waals surface area (Å²) in [6.07, 6.45) is 3.04. The van der Waals surface area contributed by atoms with E-state index in [1.165, 1.54) is 16.2 Å². The van der Waals surface area contributed by atoms with Gasteiger partial charge in [0.25, 0.3) is 0 Å². The minimum absolute atomic E-state index is 0.346. The summed E-state index contributed by atoms with van der Waals surface area (Å²) in [7, 11) is 2.03. The second-order valence-corrected chi connectivity index (χ2v) is 6.33. The van der Waals surface area contributed by atoms with E-state index in [1.807, 2.05) is 29.7 Å². The molecule has 2 aromatic rings. The van der Waals surface area contributed by atoms with Crippen molar-refractivity contribution in [2.75, 3.05) is 12.3 Å². The molecule has 4 heteroatoms. The van der Waals surface area contributed by atoms with Gasteiger partial charge in [-0.15, -0.1) is 11.8 Å². The Balaban J connectivity index is 1.93. The molecule has 0 spiro atoms. The van der Waals surface area contributed by atoms with Crippen molar-refractivity contribution in [1.29, 1.82) is 0 Å². The number of hydrogen-bond acceptors (Lipinski definition) is 3. The molecular formula is C16H21N3S. The Morgan fingerprint density at radius 3 is 3.00 bits per heavy atom. The second-order valence-electron chi connectivity index (χ2n) is 5.27. The van der Waals surface area contributed by atoms with Gasteiger partial charge in [0, 0.05) is 29.8 Å². The maximum atomic E-state index is 4.34. The molecule has 1 aliphatic heterocycles. The van der Waals surface area contributed by atoms with Crippen molar-refractivity contribution >= 4 is 11.8 Å². The lowest BCUT2D eigenvalue weighted by Crippen LogP contribution is -2.29. The Kier molecular flexibility index (Phi) is 4.13. The molecular weight excluding hydrogens is 266 g/mol. The fourth-order valence-corrected chi connectivity index (χ4v) is 4.20. The summed E-state index contributed by atoms with van der Waals surface area (Å²) < 4.78 is 2.00. The third kappa shape index (κ3) is 2.50. The summed E-state index contributed by atoms with van der Waals surface area (Å²) >= 11 is 1.97. The lowest BCUT2D eigenvalue weighted by Gasteiger charge is -2.25. The van der Waals surface area contributed by atoms with E-state index in [4.69, 9.17) is 0 Å². The number of benzene rings is 1. The van der Waals surface area contributed by atoms with E-state index in [-0.39, 0.29) is 0 Å². The lowest BCUT2D eigenvalue weighted by molar-refractivity contribution is 0.443. The van der Waals surface area contributed by atoms with Gasteiger partial charge >= 0.3 is 0 Å². The predicted octanol–water partition coefficient (Wildman–Crippen LogP) is 3.35. The van der Waals surface area contributed by atoms with Gasteiger partial charge in [0.15, 0.2) is 0 Å². The predicted molar refractivity (Wildman–Crippen MR) is 84.1 cm³/mol. The molecule has 0 bridgehead atoms. The summed E-state index contributed by atoms with van der Waals surface area (Å²) in [5.41, 5.74) is 2.76. The first kappa shape index (κ1) is 13.7. The Labute approximate surface area is 124 Å². The van der Waals surface area contributed by atoms with Gasteiger partial charge in [-0.2, -0.15) is 5.10 Å². The van der Waals surface area contributed by atoms with Crippen molar-refractivity contribution in [2.24, 2.45) is 7.05 Å². The second kappa shape index (κ2) is 6.02. The highest BCUT2D eigenvalue weighted by atomic mass is 32.2. The quantitative estimate of drug-likeness (QED) is 0.914. The standard InChI is InChI=1S/C16H21N3S/c1-3-9-17-16(14-8-10-18-19(14)2)13-11-20-15-7-5-4-6-12(13)15/h4-8,10,13,16-17H,3,9,11H2,1-2H3. The molecule has 2 unspecified atom stereocenters. The van der Waals surface area contributed by atoms with Crippen LogP contribution < -0.4 is 5.32 Å². The summed E-state index contributed by atoms with van der Waals surface area (Å²) in [4.78, 5) is 1.43. The van der Waals surface area contributed by atoms with Gasteiger partial charge in [0.2, 0.25) is 0 Å². The molecule has 0 saturated heterocycles. The molecule has 0 fully saturated rings. The Hall–Kier alpha value is -1.26. The molecule has 0 aliphatic carbocycles. The topological polar surface area (TPSA) is 29.9 Å². The van der Waals surface area contributed by atoms with Crippen LogP contribution in [0.1, 0.15) is 36.6 Å².